The molecule has 2 amide bonds. The largest absolute Gasteiger partial charge is 0.454 e. The van der Waals surface area contributed by atoms with Gasteiger partial charge in [0.15, 0.2) is 6.61 Å². The fraction of sp³-hybridized carbons (Fsp3) is 0.240. The molecular weight excluding hydrogens is 392 g/mol. The van der Waals surface area contributed by atoms with E-state index in [1.54, 1.807) is 12.1 Å². The molecular formula is C25H26N2O4. The van der Waals surface area contributed by atoms with Crippen LogP contribution in [0.4, 0.5) is 0 Å². The molecule has 3 aromatic carbocycles. The van der Waals surface area contributed by atoms with Gasteiger partial charge < -0.3 is 15.4 Å². The molecule has 0 radical (unpaired) electrons. The highest BCUT2D eigenvalue weighted by Gasteiger charge is 2.15. The molecule has 0 saturated carbocycles. The van der Waals surface area contributed by atoms with E-state index in [0.717, 1.165) is 21.9 Å². The molecule has 6 heteroatoms. The van der Waals surface area contributed by atoms with Crippen molar-refractivity contribution in [2.45, 2.75) is 26.3 Å². The lowest BCUT2D eigenvalue weighted by molar-refractivity contribution is -0.147. The van der Waals surface area contributed by atoms with E-state index in [4.69, 9.17) is 4.74 Å². The van der Waals surface area contributed by atoms with Gasteiger partial charge in [0, 0.05) is 5.56 Å². The van der Waals surface area contributed by atoms with Crippen LogP contribution in [0.1, 0.15) is 40.9 Å². The van der Waals surface area contributed by atoms with Crippen molar-refractivity contribution in [3.8, 4) is 0 Å². The third-order valence-corrected chi connectivity index (χ3v) is 4.99. The Morgan fingerprint density at radius 3 is 2.35 bits per heavy atom. The van der Waals surface area contributed by atoms with Crippen molar-refractivity contribution in [3.63, 3.8) is 0 Å². The zero-order chi connectivity index (χ0) is 22.2. The Labute approximate surface area is 181 Å². The molecule has 0 aliphatic heterocycles. The van der Waals surface area contributed by atoms with Gasteiger partial charge in [0.05, 0.1) is 6.04 Å². The average Bonchev–Trinajstić information content (AvgIpc) is 2.80. The summed E-state index contributed by atoms with van der Waals surface area (Å²) in [5, 5.41) is 7.35. The maximum absolute atomic E-state index is 12.3. The minimum Gasteiger partial charge on any atom is -0.454 e. The number of carbonyl (C=O) groups is 3. The number of esters is 1. The summed E-state index contributed by atoms with van der Waals surface area (Å²) < 4.78 is 5.00. The summed E-state index contributed by atoms with van der Waals surface area (Å²) in [7, 11) is 0. The lowest BCUT2D eigenvalue weighted by Crippen LogP contribution is -2.35. The molecule has 0 aliphatic carbocycles. The number of nitrogens with one attached hydrogen (secondary N) is 2. The number of hydrogen-bond donors (Lipinski definition) is 2. The third-order valence-electron chi connectivity index (χ3n) is 4.99. The number of amides is 2. The summed E-state index contributed by atoms with van der Waals surface area (Å²) in [6, 6.07) is 20.8. The molecule has 2 N–H and O–H groups in total. The summed E-state index contributed by atoms with van der Waals surface area (Å²) in [6.07, 6.45) is 0.713. The van der Waals surface area contributed by atoms with E-state index < -0.39 is 12.6 Å². The minimum absolute atomic E-state index is 0.153. The number of carbonyl (C=O) groups excluding carboxylic acids is 3. The van der Waals surface area contributed by atoms with Crippen LogP contribution in [0.5, 0.6) is 0 Å². The molecule has 0 saturated heterocycles. The van der Waals surface area contributed by atoms with E-state index in [0.29, 0.717) is 12.0 Å². The van der Waals surface area contributed by atoms with E-state index in [9.17, 15) is 14.4 Å². The minimum atomic E-state index is -0.673. The molecule has 0 fully saturated rings. The molecule has 0 aromatic heterocycles. The second-order valence-corrected chi connectivity index (χ2v) is 7.34. The molecule has 3 aromatic rings. The van der Waals surface area contributed by atoms with Crippen LogP contribution >= 0.6 is 0 Å². The van der Waals surface area contributed by atoms with Crippen LogP contribution in [0.25, 0.3) is 10.8 Å². The van der Waals surface area contributed by atoms with Crippen molar-refractivity contribution in [1.82, 2.24) is 10.6 Å². The smallest absolute Gasteiger partial charge is 0.325 e. The van der Waals surface area contributed by atoms with Gasteiger partial charge in [0.1, 0.15) is 6.54 Å². The van der Waals surface area contributed by atoms with Gasteiger partial charge >= 0.3 is 5.97 Å². The molecule has 160 valence electrons. The van der Waals surface area contributed by atoms with Gasteiger partial charge in [0.25, 0.3) is 11.8 Å². The van der Waals surface area contributed by atoms with Crippen molar-refractivity contribution >= 4 is 28.6 Å². The maximum atomic E-state index is 12.3. The molecule has 0 aliphatic rings. The van der Waals surface area contributed by atoms with Gasteiger partial charge in [-0.1, -0.05) is 67.1 Å². The van der Waals surface area contributed by atoms with E-state index >= 15 is 0 Å². The number of rotatable bonds is 8. The first kappa shape index (κ1) is 22.0. The quantitative estimate of drug-likeness (QED) is 0.547. The van der Waals surface area contributed by atoms with Crippen LogP contribution in [0, 0.1) is 6.92 Å². The zero-order valence-electron chi connectivity index (χ0n) is 17.7. The summed E-state index contributed by atoms with van der Waals surface area (Å²) in [6.45, 7) is 3.27. The molecule has 0 heterocycles. The first-order valence-electron chi connectivity index (χ1n) is 10.2. The molecule has 0 bridgehead atoms. The Bertz CT molecular complexity index is 1080. The highest BCUT2D eigenvalue weighted by Crippen LogP contribution is 2.17. The highest BCUT2D eigenvalue weighted by atomic mass is 16.5. The highest BCUT2D eigenvalue weighted by molar-refractivity contribution is 5.99. The Morgan fingerprint density at radius 1 is 0.935 bits per heavy atom. The van der Waals surface area contributed by atoms with E-state index in [1.165, 1.54) is 0 Å². The lowest BCUT2D eigenvalue weighted by Gasteiger charge is -2.17. The molecule has 1 atom stereocenters. The van der Waals surface area contributed by atoms with Crippen molar-refractivity contribution < 1.29 is 19.1 Å². The molecule has 0 spiro atoms. The average molecular weight is 418 g/mol. The van der Waals surface area contributed by atoms with Crippen LogP contribution in [-0.2, 0) is 14.3 Å². The van der Waals surface area contributed by atoms with Gasteiger partial charge in [-0.15, -0.1) is 0 Å². The molecule has 3 rings (SSSR count). The standard InChI is InChI=1S/C25H26N2O4/c1-3-22(19-10-8-17(2)9-11-19)27-23(28)16-31-24(29)15-26-25(30)21-13-12-18-6-4-5-7-20(18)14-21/h4-14,22H,3,15-16H2,1-2H3,(H,26,30)(H,27,28)/t22-/m1/s1. The normalized spacial score (nSPS) is 11.5. The van der Waals surface area contributed by atoms with Gasteiger partial charge in [-0.3, -0.25) is 14.4 Å². The number of benzene rings is 3. The first-order chi connectivity index (χ1) is 15.0. The Hall–Kier alpha value is -3.67. The van der Waals surface area contributed by atoms with Gasteiger partial charge in [-0.25, -0.2) is 0 Å². The topological polar surface area (TPSA) is 84.5 Å². The van der Waals surface area contributed by atoms with Gasteiger partial charge in [0.2, 0.25) is 0 Å². The van der Waals surface area contributed by atoms with Crippen LogP contribution in [-0.4, -0.2) is 30.9 Å². The fourth-order valence-electron chi connectivity index (χ4n) is 3.24. The lowest BCUT2D eigenvalue weighted by atomic mass is 10.0. The van der Waals surface area contributed by atoms with Crippen LogP contribution in [0.15, 0.2) is 66.7 Å². The Morgan fingerprint density at radius 2 is 1.65 bits per heavy atom. The fourth-order valence-corrected chi connectivity index (χ4v) is 3.24. The van der Waals surface area contributed by atoms with Gasteiger partial charge in [-0.2, -0.15) is 0 Å². The number of aryl methyl sites for hydroxylation is 1. The monoisotopic (exact) mass is 418 g/mol. The summed E-state index contributed by atoms with van der Waals surface area (Å²) in [5.41, 5.74) is 2.59. The third kappa shape index (κ3) is 6.15. The second kappa shape index (κ2) is 10.4. The SMILES string of the molecule is CC[C@@H](NC(=O)COC(=O)CNC(=O)c1ccc2ccccc2c1)c1ccc(C)cc1. The molecule has 0 unspecified atom stereocenters. The first-order valence-corrected chi connectivity index (χ1v) is 10.2. The van der Waals surface area contributed by atoms with Crippen molar-refractivity contribution in [1.29, 1.82) is 0 Å². The van der Waals surface area contributed by atoms with Crippen molar-refractivity contribution in [2.75, 3.05) is 13.2 Å². The number of hydrogen-bond acceptors (Lipinski definition) is 4. The molecule has 6 nitrogen and oxygen atoms in total. The van der Waals surface area contributed by atoms with Crippen molar-refractivity contribution in [3.05, 3.63) is 83.4 Å². The second-order valence-electron chi connectivity index (χ2n) is 7.34. The van der Waals surface area contributed by atoms with Gasteiger partial charge in [-0.05, 0) is 41.8 Å². The van der Waals surface area contributed by atoms with Crippen molar-refractivity contribution in [2.24, 2.45) is 0 Å². The maximum Gasteiger partial charge on any atom is 0.325 e. The predicted molar refractivity (Wildman–Crippen MR) is 120 cm³/mol. The van der Waals surface area contributed by atoms with E-state index in [-0.39, 0.29) is 24.4 Å². The zero-order valence-corrected chi connectivity index (χ0v) is 17.7. The van der Waals surface area contributed by atoms with E-state index in [1.807, 2.05) is 68.4 Å². The van der Waals surface area contributed by atoms with Crippen LogP contribution in [0.3, 0.4) is 0 Å². The number of ether oxygens (including phenoxy) is 1. The molecule has 31 heavy (non-hydrogen) atoms. The summed E-state index contributed by atoms with van der Waals surface area (Å²) in [4.78, 5) is 36.4. The Kier molecular flexibility index (Phi) is 7.38. The van der Waals surface area contributed by atoms with Crippen LogP contribution < -0.4 is 10.6 Å². The summed E-state index contributed by atoms with van der Waals surface area (Å²) in [5.74, 6) is -1.44. The van der Waals surface area contributed by atoms with E-state index in [2.05, 4.69) is 10.6 Å². The predicted octanol–water partition coefficient (Wildman–Crippen LogP) is 3.69. The summed E-state index contributed by atoms with van der Waals surface area (Å²) >= 11 is 0. The number of fused-ring (bicyclic) bond motifs is 1. The Balaban J connectivity index is 1.45. The van der Waals surface area contributed by atoms with Crippen LogP contribution in [0.2, 0.25) is 0 Å².